The van der Waals surface area contributed by atoms with Crippen LogP contribution in [0.25, 0.3) is 0 Å². The van der Waals surface area contributed by atoms with Crippen LogP contribution in [-0.4, -0.2) is 5.71 Å². The predicted molar refractivity (Wildman–Crippen MR) is 81.5 cm³/mol. The van der Waals surface area contributed by atoms with Crippen LogP contribution in [0.2, 0.25) is 5.02 Å². The summed E-state index contributed by atoms with van der Waals surface area (Å²) in [6, 6.07) is 5.80. The molecule has 0 amide bonds. The summed E-state index contributed by atoms with van der Waals surface area (Å²) in [6.45, 7) is 11.9. The van der Waals surface area contributed by atoms with Crippen LogP contribution < -0.4 is 5.32 Å². The lowest BCUT2D eigenvalue weighted by atomic mass is 10.1. The first-order valence-corrected chi connectivity index (χ1v) is 6.18. The van der Waals surface area contributed by atoms with Crippen LogP contribution in [0.3, 0.4) is 0 Å². The number of hydrogen-bond donors (Lipinski definition) is 1. The molecule has 0 heterocycles. The lowest BCUT2D eigenvalue weighted by molar-refractivity contribution is 1.30. The minimum atomic E-state index is 0.694. The van der Waals surface area contributed by atoms with E-state index in [-0.39, 0.29) is 0 Å². The number of aryl methyl sites for hydroxylation is 1. The first-order chi connectivity index (χ1) is 8.41. The summed E-state index contributed by atoms with van der Waals surface area (Å²) in [5.74, 6) is 0. The number of nitrogens with zero attached hydrogens (tertiary/aromatic N) is 1. The molecule has 0 saturated heterocycles. The topological polar surface area (TPSA) is 24.4 Å². The zero-order valence-corrected chi connectivity index (χ0v) is 12.1. The van der Waals surface area contributed by atoms with E-state index in [9.17, 15) is 0 Å². The van der Waals surface area contributed by atoms with Gasteiger partial charge in [-0.25, -0.2) is 0 Å². The number of nitrogens with one attached hydrogen (secondary N) is 1. The molecule has 2 nitrogen and oxygen atoms in total. The summed E-state index contributed by atoms with van der Waals surface area (Å²) in [6.07, 6.45) is 1.80. The highest BCUT2D eigenvalue weighted by Gasteiger charge is 2.05. The first-order valence-electron chi connectivity index (χ1n) is 5.81. The number of rotatable bonds is 4. The van der Waals surface area contributed by atoms with Crippen molar-refractivity contribution in [1.82, 2.24) is 0 Å². The van der Waals surface area contributed by atoms with Crippen LogP contribution in [-0.2, 0) is 0 Å². The molecule has 0 spiro atoms. The Bertz CT molecular complexity index is 489. The van der Waals surface area contributed by atoms with Crippen molar-refractivity contribution >= 4 is 23.0 Å². The Morgan fingerprint density at radius 3 is 2.56 bits per heavy atom. The van der Waals surface area contributed by atoms with Gasteiger partial charge in [-0.3, -0.25) is 4.99 Å². The van der Waals surface area contributed by atoms with E-state index in [2.05, 4.69) is 16.9 Å². The SMILES string of the molecule is C=C(Nc1c(C)cccc1Cl)/C(C)=C/N=C(C)C. The highest BCUT2D eigenvalue weighted by Crippen LogP contribution is 2.27. The maximum absolute atomic E-state index is 6.16. The molecular weight excluding hydrogens is 244 g/mol. The largest absolute Gasteiger partial charge is 0.354 e. The molecule has 0 aliphatic rings. The number of hydrogen-bond acceptors (Lipinski definition) is 2. The molecule has 1 N–H and O–H groups in total. The molecule has 0 aliphatic carbocycles. The molecule has 0 atom stereocenters. The van der Waals surface area contributed by atoms with Gasteiger partial charge in [0.15, 0.2) is 0 Å². The predicted octanol–water partition coefficient (Wildman–Crippen LogP) is 4.96. The number of para-hydroxylation sites is 1. The van der Waals surface area contributed by atoms with Gasteiger partial charge in [-0.15, -0.1) is 0 Å². The Kier molecular flexibility index (Phi) is 5.17. The zero-order chi connectivity index (χ0) is 13.7. The minimum Gasteiger partial charge on any atom is -0.354 e. The monoisotopic (exact) mass is 262 g/mol. The van der Waals surface area contributed by atoms with E-state index in [0.29, 0.717) is 5.02 Å². The van der Waals surface area contributed by atoms with Crippen LogP contribution in [0.1, 0.15) is 26.3 Å². The Morgan fingerprint density at radius 2 is 2.00 bits per heavy atom. The smallest absolute Gasteiger partial charge is 0.0643 e. The Hall–Kier alpha value is -1.54. The summed E-state index contributed by atoms with van der Waals surface area (Å²) >= 11 is 6.16. The average molecular weight is 263 g/mol. The van der Waals surface area contributed by atoms with E-state index in [0.717, 1.165) is 28.2 Å². The fourth-order valence-corrected chi connectivity index (χ4v) is 1.61. The Morgan fingerprint density at radius 1 is 1.33 bits per heavy atom. The molecule has 0 bridgehead atoms. The number of aliphatic imine (C=N–C) groups is 1. The lowest BCUT2D eigenvalue weighted by Gasteiger charge is -2.13. The van der Waals surface area contributed by atoms with E-state index in [1.807, 2.05) is 45.9 Å². The maximum atomic E-state index is 6.16. The Labute approximate surface area is 114 Å². The molecule has 18 heavy (non-hydrogen) atoms. The molecule has 1 aromatic carbocycles. The summed E-state index contributed by atoms with van der Waals surface area (Å²) in [4.78, 5) is 4.25. The molecule has 0 radical (unpaired) electrons. The number of halogens is 1. The van der Waals surface area contributed by atoms with Gasteiger partial charge in [0.1, 0.15) is 0 Å². The van der Waals surface area contributed by atoms with Gasteiger partial charge in [0, 0.05) is 17.6 Å². The van der Waals surface area contributed by atoms with E-state index >= 15 is 0 Å². The van der Waals surface area contributed by atoms with Gasteiger partial charge in [-0.05, 0) is 44.9 Å². The summed E-state index contributed by atoms with van der Waals surface area (Å²) in [7, 11) is 0. The highest BCUT2D eigenvalue weighted by atomic mass is 35.5. The van der Waals surface area contributed by atoms with E-state index in [4.69, 9.17) is 11.6 Å². The van der Waals surface area contributed by atoms with Crippen molar-refractivity contribution in [1.29, 1.82) is 0 Å². The average Bonchev–Trinajstić information content (AvgIpc) is 2.30. The maximum Gasteiger partial charge on any atom is 0.0643 e. The second-order valence-corrected chi connectivity index (χ2v) is 4.83. The van der Waals surface area contributed by atoms with Crippen molar-refractivity contribution < 1.29 is 0 Å². The quantitative estimate of drug-likeness (QED) is 0.602. The van der Waals surface area contributed by atoms with Crippen LogP contribution in [0.15, 0.2) is 47.2 Å². The number of anilines is 1. The number of allylic oxidation sites excluding steroid dienone is 1. The summed E-state index contributed by atoms with van der Waals surface area (Å²) in [5, 5.41) is 3.93. The highest BCUT2D eigenvalue weighted by molar-refractivity contribution is 6.33. The molecule has 96 valence electrons. The van der Waals surface area contributed by atoms with Crippen molar-refractivity contribution in [2.24, 2.45) is 4.99 Å². The van der Waals surface area contributed by atoms with E-state index in [1.165, 1.54) is 0 Å². The van der Waals surface area contributed by atoms with Gasteiger partial charge in [-0.1, -0.05) is 30.3 Å². The standard InChI is InChI=1S/C15H19ClN2/c1-10(2)17-9-12(4)13(5)18-15-11(3)7-6-8-14(15)16/h6-9,18H,5H2,1-4H3/b12-9+. The van der Waals surface area contributed by atoms with Crippen molar-refractivity contribution in [3.8, 4) is 0 Å². The van der Waals surface area contributed by atoms with Gasteiger partial charge in [0.05, 0.1) is 10.7 Å². The van der Waals surface area contributed by atoms with Gasteiger partial charge >= 0.3 is 0 Å². The van der Waals surface area contributed by atoms with E-state index < -0.39 is 0 Å². The molecule has 1 rings (SSSR count). The van der Waals surface area contributed by atoms with Gasteiger partial charge in [0.2, 0.25) is 0 Å². The molecule has 1 aromatic rings. The van der Waals surface area contributed by atoms with Crippen molar-refractivity contribution in [3.05, 3.63) is 52.8 Å². The van der Waals surface area contributed by atoms with E-state index in [1.54, 1.807) is 6.20 Å². The third kappa shape index (κ3) is 4.04. The van der Waals surface area contributed by atoms with Crippen LogP contribution in [0.4, 0.5) is 5.69 Å². The molecular formula is C15H19ClN2. The molecule has 0 saturated carbocycles. The van der Waals surface area contributed by atoms with Crippen LogP contribution >= 0.6 is 11.6 Å². The number of benzene rings is 1. The van der Waals surface area contributed by atoms with Gasteiger partial charge < -0.3 is 5.32 Å². The van der Waals surface area contributed by atoms with Crippen molar-refractivity contribution in [2.45, 2.75) is 27.7 Å². The Balaban J connectivity index is 2.89. The second-order valence-electron chi connectivity index (χ2n) is 4.42. The van der Waals surface area contributed by atoms with Crippen LogP contribution in [0, 0.1) is 6.92 Å². The molecule has 0 aliphatic heterocycles. The molecule has 0 unspecified atom stereocenters. The van der Waals surface area contributed by atoms with Gasteiger partial charge in [-0.2, -0.15) is 0 Å². The fourth-order valence-electron chi connectivity index (χ4n) is 1.34. The van der Waals surface area contributed by atoms with Crippen molar-refractivity contribution in [2.75, 3.05) is 5.32 Å². The summed E-state index contributed by atoms with van der Waals surface area (Å²) < 4.78 is 0. The zero-order valence-electron chi connectivity index (χ0n) is 11.3. The normalized spacial score (nSPS) is 11.1. The third-order valence-electron chi connectivity index (χ3n) is 2.49. The van der Waals surface area contributed by atoms with Crippen molar-refractivity contribution in [3.63, 3.8) is 0 Å². The molecule has 3 heteroatoms. The van der Waals surface area contributed by atoms with Gasteiger partial charge in [0.25, 0.3) is 0 Å². The lowest BCUT2D eigenvalue weighted by Crippen LogP contribution is -2.01. The third-order valence-corrected chi connectivity index (χ3v) is 2.81. The minimum absolute atomic E-state index is 0.694. The molecule has 0 aromatic heterocycles. The fraction of sp³-hybridized carbons (Fsp3) is 0.267. The summed E-state index contributed by atoms with van der Waals surface area (Å²) in [5.41, 5.74) is 4.78. The first kappa shape index (κ1) is 14.5. The van der Waals surface area contributed by atoms with Crippen LogP contribution in [0.5, 0.6) is 0 Å². The molecule has 0 fully saturated rings. The second kappa shape index (κ2) is 6.41.